The Labute approximate surface area is 150 Å². The van der Waals surface area contributed by atoms with Crippen molar-refractivity contribution >= 4 is 18.5 Å². The van der Waals surface area contributed by atoms with Gasteiger partial charge in [0.2, 0.25) is 0 Å². The zero-order valence-corrected chi connectivity index (χ0v) is 13.2. The van der Waals surface area contributed by atoms with Gasteiger partial charge >= 0.3 is 18.5 Å². The molecule has 10 nitrogen and oxygen atoms in total. The summed E-state index contributed by atoms with van der Waals surface area (Å²) in [6, 6.07) is 0. The van der Waals surface area contributed by atoms with Gasteiger partial charge in [-0.3, -0.25) is 0 Å². The van der Waals surface area contributed by atoms with Crippen LogP contribution in [-0.2, 0) is 0 Å². The smallest absolute Gasteiger partial charge is 0.450 e. The molecule has 15 heavy (non-hydrogen) atoms. The minimum atomic E-state index is -1.83. The van der Waals surface area contributed by atoms with E-state index in [1.165, 1.54) is 0 Å². The minimum Gasteiger partial charge on any atom is -0.450 e. The first-order valence-corrected chi connectivity index (χ1v) is 1.95. The molecule has 0 fully saturated rings. The van der Waals surface area contributed by atoms with E-state index in [1.54, 1.807) is 0 Å². The molecule has 0 saturated heterocycles. The van der Waals surface area contributed by atoms with E-state index >= 15 is 0 Å². The monoisotopic (exact) mass is 484 g/mol. The quantitative estimate of drug-likeness (QED) is 0.270. The molecule has 88 valence electrons. The van der Waals surface area contributed by atoms with Gasteiger partial charge in [0, 0.05) is 83.5 Å². The average molecular weight is 484 g/mol. The van der Waals surface area contributed by atoms with Crippen LogP contribution in [0.15, 0.2) is 0 Å². The molecule has 0 bridgehead atoms. The van der Waals surface area contributed by atoms with Crippen molar-refractivity contribution in [1.82, 2.24) is 0 Å². The van der Waals surface area contributed by atoms with Gasteiger partial charge < -0.3 is 36.1 Å². The van der Waals surface area contributed by atoms with E-state index < -0.39 is 18.5 Å². The average Bonchev–Trinajstić information content (AvgIpc) is 1.54. The molecular weight excluding hydrogens is 476 g/mol. The van der Waals surface area contributed by atoms with Crippen LogP contribution in [0, 0.1) is 83.5 Å². The first kappa shape index (κ1) is 36.1. The molecular formula is C3H8Ce2O10. The van der Waals surface area contributed by atoms with Crippen LogP contribution in [0.1, 0.15) is 0 Å². The van der Waals surface area contributed by atoms with E-state index in [2.05, 4.69) is 0 Å². The Hall–Kier alpha value is 0.523. The molecule has 0 radical (unpaired) electrons. The fourth-order valence-electron chi connectivity index (χ4n) is 0. The van der Waals surface area contributed by atoms with Crippen LogP contribution in [0.3, 0.4) is 0 Å². The molecule has 0 saturated carbocycles. The Balaban J connectivity index is -0.0000000184. The summed E-state index contributed by atoms with van der Waals surface area (Å²) in [5.41, 5.74) is 0. The fraction of sp³-hybridized carbons (Fsp3) is 0. The SMILES string of the molecule is O.O=C(O)O.O=C(O)O.O=C(O)O.[Ce].[Ce]. The van der Waals surface area contributed by atoms with E-state index in [1.807, 2.05) is 0 Å². The van der Waals surface area contributed by atoms with E-state index in [0.29, 0.717) is 0 Å². The number of carboxylic acid groups (broad SMARTS) is 6. The summed E-state index contributed by atoms with van der Waals surface area (Å²) in [5, 5.41) is 41.8. The molecule has 12 heteroatoms. The predicted octanol–water partition coefficient (Wildman–Crippen LogP) is -0.157. The standard InChI is InChI=1S/3CH2O3.2Ce.H2O/c3*2-1(3)4;;;/h3*(H2,2,3,4);;;1H2. The Morgan fingerprint density at radius 3 is 0.533 bits per heavy atom. The molecule has 0 aromatic heterocycles. The van der Waals surface area contributed by atoms with Crippen molar-refractivity contribution in [1.29, 1.82) is 0 Å². The number of rotatable bonds is 0. The van der Waals surface area contributed by atoms with Crippen LogP contribution >= 0.6 is 0 Å². The molecule has 0 spiro atoms. The molecule has 0 heterocycles. The Kier molecular flexibility index (Phi) is 70.5. The van der Waals surface area contributed by atoms with Crippen LogP contribution in [0.2, 0.25) is 0 Å². The second-order valence-electron chi connectivity index (χ2n) is 0.848. The molecule has 0 amide bonds. The Morgan fingerprint density at radius 1 is 0.533 bits per heavy atom. The summed E-state index contributed by atoms with van der Waals surface area (Å²) in [6.07, 6.45) is -5.50. The maximum Gasteiger partial charge on any atom is 0.503 e. The third kappa shape index (κ3) is 8320. The van der Waals surface area contributed by atoms with Gasteiger partial charge in [-0.05, 0) is 0 Å². The van der Waals surface area contributed by atoms with Gasteiger partial charge in [0.25, 0.3) is 0 Å². The van der Waals surface area contributed by atoms with Crippen LogP contribution in [0.5, 0.6) is 0 Å². The summed E-state index contributed by atoms with van der Waals surface area (Å²) in [7, 11) is 0. The largest absolute Gasteiger partial charge is 0.503 e. The van der Waals surface area contributed by atoms with Crippen molar-refractivity contribution in [2.75, 3.05) is 0 Å². The second-order valence-corrected chi connectivity index (χ2v) is 0.848. The van der Waals surface area contributed by atoms with Crippen LogP contribution < -0.4 is 0 Å². The van der Waals surface area contributed by atoms with Gasteiger partial charge in [0.05, 0.1) is 0 Å². The molecule has 0 aliphatic rings. The topological polar surface area (TPSA) is 204 Å². The van der Waals surface area contributed by atoms with Gasteiger partial charge in [-0.15, -0.1) is 0 Å². The van der Waals surface area contributed by atoms with Crippen molar-refractivity contribution in [2.45, 2.75) is 0 Å². The maximum absolute atomic E-state index is 8.56. The maximum atomic E-state index is 8.56. The van der Waals surface area contributed by atoms with Crippen molar-refractivity contribution in [3.8, 4) is 0 Å². The number of hydrogen-bond donors (Lipinski definition) is 6. The molecule has 8 N–H and O–H groups in total. The molecule has 0 atom stereocenters. The minimum absolute atomic E-state index is 0. The van der Waals surface area contributed by atoms with Crippen molar-refractivity contribution < 1.29 is 134 Å². The Bertz CT molecular complexity index is 116. The summed E-state index contributed by atoms with van der Waals surface area (Å²) in [6.45, 7) is 0. The Morgan fingerprint density at radius 2 is 0.533 bits per heavy atom. The number of hydrogen-bond acceptors (Lipinski definition) is 3. The zero-order chi connectivity index (χ0) is 10.7. The van der Waals surface area contributed by atoms with Gasteiger partial charge in [-0.25, -0.2) is 14.4 Å². The van der Waals surface area contributed by atoms with E-state index in [0.717, 1.165) is 0 Å². The van der Waals surface area contributed by atoms with Gasteiger partial charge in [-0.2, -0.15) is 0 Å². The second kappa shape index (κ2) is 29.3. The van der Waals surface area contributed by atoms with Gasteiger partial charge in [0.15, 0.2) is 0 Å². The number of carbonyl (C=O) groups is 3. The summed E-state index contributed by atoms with van der Waals surface area (Å²) in [5.74, 6) is 0. The summed E-state index contributed by atoms with van der Waals surface area (Å²) >= 11 is 0. The van der Waals surface area contributed by atoms with Crippen molar-refractivity contribution in [2.24, 2.45) is 0 Å². The van der Waals surface area contributed by atoms with Crippen LogP contribution in [0.25, 0.3) is 0 Å². The van der Waals surface area contributed by atoms with Gasteiger partial charge in [-0.1, -0.05) is 0 Å². The summed E-state index contributed by atoms with van der Waals surface area (Å²) < 4.78 is 0. The van der Waals surface area contributed by atoms with E-state index in [-0.39, 0.29) is 89.0 Å². The molecule has 0 aliphatic carbocycles. The third-order valence-corrected chi connectivity index (χ3v) is 0. The third-order valence-electron chi connectivity index (χ3n) is 0. The van der Waals surface area contributed by atoms with E-state index in [4.69, 9.17) is 45.0 Å². The first-order valence-electron chi connectivity index (χ1n) is 1.95. The van der Waals surface area contributed by atoms with Crippen LogP contribution in [0.4, 0.5) is 14.4 Å². The molecule has 0 rings (SSSR count). The van der Waals surface area contributed by atoms with E-state index in [9.17, 15) is 0 Å². The van der Waals surface area contributed by atoms with Crippen molar-refractivity contribution in [3.63, 3.8) is 0 Å². The molecule has 0 unspecified atom stereocenters. The van der Waals surface area contributed by atoms with Gasteiger partial charge in [0.1, 0.15) is 0 Å². The van der Waals surface area contributed by atoms with Crippen molar-refractivity contribution in [3.05, 3.63) is 0 Å². The zero-order valence-electron chi connectivity index (χ0n) is 6.91. The predicted molar refractivity (Wildman–Crippen MR) is 35.6 cm³/mol. The fourth-order valence-corrected chi connectivity index (χ4v) is 0. The first-order chi connectivity index (χ1) is 5.20. The molecule has 0 aliphatic heterocycles. The normalized spacial score (nSPS) is 4.80. The summed E-state index contributed by atoms with van der Waals surface area (Å²) in [4.78, 5) is 25.7. The molecule has 0 aromatic carbocycles. The van der Waals surface area contributed by atoms with Crippen LogP contribution in [-0.4, -0.2) is 54.6 Å². The molecule has 0 aromatic rings.